The molecule has 10 heteroatoms. The molecule has 3 aromatic rings. The number of aliphatic carboxylic acids is 1. The van der Waals surface area contributed by atoms with Crippen molar-refractivity contribution in [3.8, 4) is 28.4 Å². The second-order valence-corrected chi connectivity index (χ2v) is 9.58. The molecule has 178 valence electrons. The van der Waals surface area contributed by atoms with E-state index in [0.717, 1.165) is 16.8 Å². The first kappa shape index (κ1) is 23.1. The average Bonchev–Trinajstić information content (AvgIpc) is 3.40. The fourth-order valence-corrected chi connectivity index (χ4v) is 5.14. The van der Waals surface area contributed by atoms with Gasteiger partial charge < -0.3 is 14.6 Å². The van der Waals surface area contributed by atoms with Crippen molar-refractivity contribution in [3.05, 3.63) is 65.2 Å². The molecule has 0 bridgehead atoms. The van der Waals surface area contributed by atoms with E-state index in [9.17, 15) is 9.59 Å². The normalized spacial score (nSPS) is 16.2. The fraction of sp³-hybridized carbons (Fsp3) is 0.200. The Bertz CT molecular complexity index is 1340. The summed E-state index contributed by atoms with van der Waals surface area (Å²) in [6.45, 7) is 1.26. The molecule has 1 fully saturated rings. The molecule has 3 heterocycles. The summed E-state index contributed by atoms with van der Waals surface area (Å²) in [5, 5.41) is 13.7. The van der Waals surface area contributed by atoms with Crippen LogP contribution in [-0.2, 0) is 9.59 Å². The van der Waals surface area contributed by atoms with Crippen molar-refractivity contribution < 1.29 is 24.2 Å². The Morgan fingerprint density at radius 1 is 1.14 bits per heavy atom. The lowest BCUT2D eigenvalue weighted by Gasteiger charge is -2.18. The number of ether oxygens (including phenoxy) is 2. The molecule has 1 aromatic heterocycles. The Morgan fingerprint density at radius 3 is 2.69 bits per heavy atom. The van der Waals surface area contributed by atoms with Crippen molar-refractivity contribution in [3.63, 3.8) is 0 Å². The predicted octanol–water partition coefficient (Wildman–Crippen LogP) is 4.38. The predicted molar refractivity (Wildman–Crippen MR) is 137 cm³/mol. The highest BCUT2D eigenvalue weighted by Crippen LogP contribution is 2.38. The van der Waals surface area contributed by atoms with E-state index < -0.39 is 5.97 Å². The number of amides is 1. The van der Waals surface area contributed by atoms with Gasteiger partial charge in [-0.15, -0.1) is 0 Å². The first-order chi connectivity index (χ1) is 17.0. The van der Waals surface area contributed by atoms with Crippen molar-refractivity contribution in [1.82, 2.24) is 14.7 Å². The number of rotatable bonds is 7. The van der Waals surface area contributed by atoms with Crippen LogP contribution >= 0.6 is 24.0 Å². The van der Waals surface area contributed by atoms with Gasteiger partial charge in [0.1, 0.15) is 23.2 Å². The van der Waals surface area contributed by atoms with Gasteiger partial charge in [-0.2, -0.15) is 5.10 Å². The van der Waals surface area contributed by atoms with Crippen LogP contribution in [0.15, 0.2) is 59.6 Å². The van der Waals surface area contributed by atoms with Crippen molar-refractivity contribution in [2.24, 2.45) is 0 Å². The standard InChI is InChI=1S/C25H21N3O5S2/c29-22(30)7-4-10-27-24(31)21(35-25(27)34)14-17-15-28(18-5-2-1-3-6-18)26-23(17)16-8-9-19-20(13-16)33-12-11-32-19/h1-3,5-6,8-9,13-15H,4,7,10-12H2,(H,29,30). The van der Waals surface area contributed by atoms with E-state index in [1.54, 1.807) is 10.8 Å². The summed E-state index contributed by atoms with van der Waals surface area (Å²) in [7, 11) is 0. The van der Waals surface area contributed by atoms with E-state index >= 15 is 0 Å². The lowest BCUT2D eigenvalue weighted by atomic mass is 10.1. The minimum Gasteiger partial charge on any atom is -0.486 e. The van der Waals surface area contributed by atoms with Crippen molar-refractivity contribution in [2.45, 2.75) is 12.8 Å². The molecular formula is C25H21N3O5S2. The van der Waals surface area contributed by atoms with Crippen LogP contribution in [0.1, 0.15) is 18.4 Å². The zero-order valence-corrected chi connectivity index (χ0v) is 20.2. The number of carboxylic acids is 1. The molecule has 2 aliphatic heterocycles. The minimum atomic E-state index is -0.900. The number of thiocarbonyl (C=S) groups is 1. The van der Waals surface area contributed by atoms with Crippen LogP contribution in [0.3, 0.4) is 0 Å². The molecule has 0 spiro atoms. The molecule has 1 amide bonds. The van der Waals surface area contributed by atoms with E-state index in [1.165, 1.54) is 16.7 Å². The highest BCUT2D eigenvalue weighted by Gasteiger charge is 2.32. The van der Waals surface area contributed by atoms with E-state index in [-0.39, 0.29) is 18.9 Å². The van der Waals surface area contributed by atoms with Crippen molar-refractivity contribution in [2.75, 3.05) is 19.8 Å². The van der Waals surface area contributed by atoms with Crippen LogP contribution < -0.4 is 9.47 Å². The van der Waals surface area contributed by atoms with Crippen LogP contribution in [0, 0.1) is 0 Å². The van der Waals surface area contributed by atoms with Crippen LogP contribution in [0.25, 0.3) is 23.0 Å². The molecule has 0 saturated carbocycles. The van der Waals surface area contributed by atoms with Gasteiger partial charge >= 0.3 is 5.97 Å². The lowest BCUT2D eigenvalue weighted by molar-refractivity contribution is -0.137. The van der Waals surface area contributed by atoms with Gasteiger partial charge in [0.15, 0.2) is 11.5 Å². The molecule has 8 nitrogen and oxygen atoms in total. The zero-order chi connectivity index (χ0) is 24.4. The molecule has 0 atom stereocenters. The zero-order valence-electron chi connectivity index (χ0n) is 18.5. The van der Waals surface area contributed by atoms with Crippen LogP contribution in [-0.4, -0.2) is 55.7 Å². The van der Waals surface area contributed by atoms with Gasteiger partial charge in [0.2, 0.25) is 0 Å². The Hall–Kier alpha value is -3.63. The Kier molecular flexibility index (Phi) is 6.56. The van der Waals surface area contributed by atoms with Crippen LogP contribution in [0.2, 0.25) is 0 Å². The average molecular weight is 508 g/mol. The molecule has 2 aromatic carbocycles. The van der Waals surface area contributed by atoms with E-state index in [2.05, 4.69) is 0 Å². The number of para-hydroxylation sites is 1. The summed E-state index contributed by atoms with van der Waals surface area (Å²) in [5.41, 5.74) is 3.14. The SMILES string of the molecule is O=C(O)CCCN1C(=O)C(=Cc2cn(-c3ccccc3)nc2-c2ccc3c(c2)OCCO3)SC1=S. The fourth-order valence-electron chi connectivity index (χ4n) is 3.84. The van der Waals surface area contributed by atoms with E-state index in [1.807, 2.05) is 54.7 Å². The number of aromatic nitrogens is 2. The molecule has 0 unspecified atom stereocenters. The molecule has 0 aliphatic carbocycles. The van der Waals surface area contributed by atoms with E-state index in [0.29, 0.717) is 46.1 Å². The van der Waals surface area contributed by atoms with Crippen LogP contribution in [0.4, 0.5) is 0 Å². The number of carbonyl (C=O) groups is 2. The molecule has 5 rings (SSSR count). The summed E-state index contributed by atoms with van der Waals surface area (Å²) in [6.07, 6.45) is 3.98. The second-order valence-electron chi connectivity index (χ2n) is 7.90. The van der Waals surface area contributed by atoms with Gasteiger partial charge in [0, 0.05) is 30.3 Å². The highest BCUT2D eigenvalue weighted by molar-refractivity contribution is 8.26. The van der Waals surface area contributed by atoms with E-state index in [4.69, 9.17) is 31.9 Å². The first-order valence-electron chi connectivity index (χ1n) is 11.0. The summed E-state index contributed by atoms with van der Waals surface area (Å²) >= 11 is 6.60. The number of hydrogen-bond donors (Lipinski definition) is 1. The summed E-state index contributed by atoms with van der Waals surface area (Å²) in [4.78, 5) is 25.8. The van der Waals surface area contributed by atoms with Crippen molar-refractivity contribution >= 4 is 46.3 Å². The number of carboxylic acid groups (broad SMARTS) is 1. The monoisotopic (exact) mass is 507 g/mol. The number of hydrogen-bond acceptors (Lipinski definition) is 7. The van der Waals surface area contributed by atoms with Gasteiger partial charge in [0.25, 0.3) is 5.91 Å². The summed E-state index contributed by atoms with van der Waals surface area (Å²) in [5.74, 6) is 0.208. The van der Waals surface area contributed by atoms with Gasteiger partial charge in [-0.1, -0.05) is 42.2 Å². The number of nitrogens with zero attached hydrogens (tertiary/aromatic N) is 3. The molecule has 1 N–H and O–H groups in total. The third-order valence-electron chi connectivity index (χ3n) is 5.51. The molecular weight excluding hydrogens is 486 g/mol. The molecule has 0 radical (unpaired) electrons. The second kappa shape index (κ2) is 9.93. The molecule has 2 aliphatic rings. The maximum Gasteiger partial charge on any atom is 0.303 e. The quantitative estimate of drug-likeness (QED) is 0.372. The smallest absolute Gasteiger partial charge is 0.303 e. The Balaban J connectivity index is 1.51. The topological polar surface area (TPSA) is 93.9 Å². The highest BCUT2D eigenvalue weighted by atomic mass is 32.2. The van der Waals surface area contributed by atoms with Gasteiger partial charge in [0.05, 0.1) is 10.6 Å². The maximum absolute atomic E-state index is 13.1. The molecule has 35 heavy (non-hydrogen) atoms. The Labute approximate surface area is 211 Å². The molecule has 1 saturated heterocycles. The number of carbonyl (C=O) groups excluding carboxylic acids is 1. The third kappa shape index (κ3) is 4.94. The van der Waals surface area contributed by atoms with Gasteiger partial charge in [-0.3, -0.25) is 14.5 Å². The largest absolute Gasteiger partial charge is 0.486 e. The summed E-state index contributed by atoms with van der Waals surface area (Å²) < 4.78 is 13.6. The third-order valence-corrected chi connectivity index (χ3v) is 6.89. The number of benzene rings is 2. The maximum atomic E-state index is 13.1. The first-order valence-corrected chi connectivity index (χ1v) is 12.2. The van der Waals surface area contributed by atoms with Crippen molar-refractivity contribution in [1.29, 1.82) is 0 Å². The number of fused-ring (bicyclic) bond motifs is 1. The van der Waals surface area contributed by atoms with Crippen LogP contribution in [0.5, 0.6) is 11.5 Å². The number of thioether (sulfide) groups is 1. The van der Waals surface area contributed by atoms with Gasteiger partial charge in [-0.25, -0.2) is 4.68 Å². The Morgan fingerprint density at radius 2 is 1.91 bits per heavy atom. The minimum absolute atomic E-state index is 0.0196. The summed E-state index contributed by atoms with van der Waals surface area (Å²) in [6, 6.07) is 15.4. The van der Waals surface area contributed by atoms with Gasteiger partial charge in [-0.05, 0) is 42.8 Å². The lowest BCUT2D eigenvalue weighted by Crippen LogP contribution is -2.29.